The summed E-state index contributed by atoms with van der Waals surface area (Å²) in [6.07, 6.45) is 0. The van der Waals surface area contributed by atoms with Crippen molar-refractivity contribution in [3.05, 3.63) is 59.7 Å². The van der Waals surface area contributed by atoms with Gasteiger partial charge in [-0.05, 0) is 35.2 Å². The van der Waals surface area contributed by atoms with Crippen LogP contribution in [0.5, 0.6) is 5.75 Å². The number of ether oxygens (including phenoxy) is 1. The van der Waals surface area contributed by atoms with Crippen molar-refractivity contribution in [2.75, 3.05) is 11.9 Å². The Morgan fingerprint density at radius 3 is 2.61 bits per heavy atom. The van der Waals surface area contributed by atoms with Crippen molar-refractivity contribution in [1.82, 2.24) is 0 Å². The Morgan fingerprint density at radius 2 is 1.91 bits per heavy atom. The molecule has 0 bridgehead atoms. The van der Waals surface area contributed by atoms with Gasteiger partial charge in [0.2, 0.25) is 0 Å². The number of hydrogen-bond acceptors (Lipinski definition) is 3. The van der Waals surface area contributed by atoms with Crippen LogP contribution in [0, 0.1) is 11.3 Å². The monoisotopic (exact) mass is 308 g/mol. The molecule has 0 heterocycles. The lowest BCUT2D eigenvalue weighted by Crippen LogP contribution is -2.23. The fraction of sp³-hybridized carbons (Fsp3) is 0.263. The first-order valence-corrected chi connectivity index (χ1v) is 7.42. The van der Waals surface area contributed by atoms with E-state index in [1.54, 1.807) is 24.3 Å². The van der Waals surface area contributed by atoms with E-state index in [0.29, 0.717) is 11.3 Å². The van der Waals surface area contributed by atoms with Crippen LogP contribution in [-0.2, 0) is 10.2 Å². The van der Waals surface area contributed by atoms with Crippen molar-refractivity contribution in [2.45, 2.75) is 26.2 Å². The number of carbonyl (C=O) groups excluding carboxylic acids is 1. The van der Waals surface area contributed by atoms with Crippen LogP contribution in [0.15, 0.2) is 48.5 Å². The molecule has 0 saturated heterocycles. The molecule has 0 spiro atoms. The zero-order valence-electron chi connectivity index (χ0n) is 13.6. The minimum Gasteiger partial charge on any atom is -0.484 e. The van der Waals surface area contributed by atoms with Gasteiger partial charge in [-0.2, -0.15) is 5.26 Å². The van der Waals surface area contributed by atoms with E-state index in [2.05, 4.69) is 26.1 Å². The fourth-order valence-corrected chi connectivity index (χ4v) is 2.24. The van der Waals surface area contributed by atoms with Gasteiger partial charge in [0.15, 0.2) is 6.61 Å². The Morgan fingerprint density at radius 1 is 1.17 bits per heavy atom. The van der Waals surface area contributed by atoms with E-state index in [9.17, 15) is 4.79 Å². The van der Waals surface area contributed by atoms with Crippen LogP contribution in [0.1, 0.15) is 31.9 Å². The molecule has 0 aromatic heterocycles. The average molecular weight is 308 g/mol. The van der Waals surface area contributed by atoms with E-state index in [-0.39, 0.29) is 17.9 Å². The van der Waals surface area contributed by atoms with Crippen LogP contribution in [0.25, 0.3) is 0 Å². The van der Waals surface area contributed by atoms with Crippen LogP contribution >= 0.6 is 0 Å². The maximum atomic E-state index is 12.1. The van der Waals surface area contributed by atoms with E-state index in [4.69, 9.17) is 10.00 Å². The molecule has 118 valence electrons. The summed E-state index contributed by atoms with van der Waals surface area (Å²) in [5, 5.41) is 11.7. The molecule has 0 unspecified atom stereocenters. The molecular weight excluding hydrogens is 288 g/mol. The summed E-state index contributed by atoms with van der Waals surface area (Å²) in [7, 11) is 0. The molecule has 2 aromatic rings. The molecule has 0 radical (unpaired) electrons. The van der Waals surface area contributed by atoms with Gasteiger partial charge in [-0.1, -0.05) is 45.0 Å². The first kappa shape index (κ1) is 16.6. The van der Waals surface area contributed by atoms with Crippen molar-refractivity contribution >= 4 is 11.6 Å². The predicted octanol–water partition coefficient (Wildman–Crippen LogP) is 3.87. The van der Waals surface area contributed by atoms with Gasteiger partial charge in [-0.25, -0.2) is 0 Å². The Balaban J connectivity index is 2.02. The molecule has 0 saturated carbocycles. The van der Waals surface area contributed by atoms with Gasteiger partial charge in [0.25, 0.3) is 5.91 Å². The van der Waals surface area contributed by atoms with Crippen molar-refractivity contribution in [3.8, 4) is 11.8 Å². The summed E-state index contributed by atoms with van der Waals surface area (Å²) >= 11 is 0. The highest BCUT2D eigenvalue weighted by Crippen LogP contribution is 2.29. The van der Waals surface area contributed by atoms with Crippen LogP contribution in [0.4, 0.5) is 5.69 Å². The lowest BCUT2D eigenvalue weighted by atomic mass is 9.86. The smallest absolute Gasteiger partial charge is 0.262 e. The molecule has 1 N–H and O–H groups in total. The molecule has 0 aliphatic rings. The van der Waals surface area contributed by atoms with E-state index in [1.807, 2.05) is 30.3 Å². The number of benzene rings is 2. The topological polar surface area (TPSA) is 62.1 Å². The molecule has 4 nitrogen and oxygen atoms in total. The molecule has 2 aromatic carbocycles. The highest BCUT2D eigenvalue weighted by atomic mass is 16.5. The molecule has 23 heavy (non-hydrogen) atoms. The SMILES string of the molecule is CC(C)(C)c1ccccc1NC(=O)COc1cccc(C#N)c1. The van der Waals surface area contributed by atoms with Gasteiger partial charge >= 0.3 is 0 Å². The number of anilines is 1. The van der Waals surface area contributed by atoms with Gasteiger partial charge in [0.05, 0.1) is 11.6 Å². The third-order valence-corrected chi connectivity index (χ3v) is 3.34. The van der Waals surface area contributed by atoms with Crippen molar-refractivity contribution in [3.63, 3.8) is 0 Å². The lowest BCUT2D eigenvalue weighted by Gasteiger charge is -2.23. The molecular formula is C19H20N2O2. The van der Waals surface area contributed by atoms with E-state index >= 15 is 0 Å². The van der Waals surface area contributed by atoms with Gasteiger partial charge in [0, 0.05) is 5.69 Å². The summed E-state index contributed by atoms with van der Waals surface area (Å²) in [5.41, 5.74) is 2.30. The van der Waals surface area contributed by atoms with Crippen LogP contribution < -0.4 is 10.1 Å². The number of carbonyl (C=O) groups is 1. The quantitative estimate of drug-likeness (QED) is 0.932. The number of hydrogen-bond donors (Lipinski definition) is 1. The third kappa shape index (κ3) is 4.58. The zero-order valence-corrected chi connectivity index (χ0v) is 13.6. The first-order chi connectivity index (χ1) is 10.9. The molecule has 4 heteroatoms. The summed E-state index contributed by atoms with van der Waals surface area (Å²) in [6.45, 7) is 6.19. The number of nitrogens with zero attached hydrogens (tertiary/aromatic N) is 1. The average Bonchev–Trinajstić information content (AvgIpc) is 2.52. The lowest BCUT2D eigenvalue weighted by molar-refractivity contribution is -0.118. The Hall–Kier alpha value is -2.80. The predicted molar refractivity (Wildman–Crippen MR) is 90.4 cm³/mol. The van der Waals surface area contributed by atoms with Gasteiger partial charge < -0.3 is 10.1 Å². The first-order valence-electron chi connectivity index (χ1n) is 7.42. The summed E-state index contributed by atoms with van der Waals surface area (Å²) in [6, 6.07) is 16.5. The summed E-state index contributed by atoms with van der Waals surface area (Å²) in [4.78, 5) is 12.1. The maximum absolute atomic E-state index is 12.1. The van der Waals surface area contributed by atoms with Gasteiger partial charge in [0.1, 0.15) is 5.75 Å². The van der Waals surface area contributed by atoms with E-state index in [0.717, 1.165) is 11.3 Å². The van der Waals surface area contributed by atoms with Gasteiger partial charge in [-0.3, -0.25) is 4.79 Å². The molecule has 0 aliphatic carbocycles. The molecule has 2 rings (SSSR count). The molecule has 1 amide bonds. The Labute approximate surface area is 136 Å². The number of nitrogens with one attached hydrogen (secondary N) is 1. The second kappa shape index (κ2) is 6.97. The number of rotatable bonds is 4. The van der Waals surface area contributed by atoms with Crippen molar-refractivity contribution < 1.29 is 9.53 Å². The maximum Gasteiger partial charge on any atom is 0.262 e. The Bertz CT molecular complexity index is 740. The second-order valence-corrected chi connectivity index (χ2v) is 6.27. The molecule has 0 aliphatic heterocycles. The highest BCUT2D eigenvalue weighted by Gasteiger charge is 2.18. The van der Waals surface area contributed by atoms with Crippen molar-refractivity contribution in [2.24, 2.45) is 0 Å². The molecule has 0 atom stereocenters. The Kier molecular flexibility index (Phi) is 5.02. The minimum absolute atomic E-state index is 0.0636. The standard InChI is InChI=1S/C19H20N2O2/c1-19(2,3)16-9-4-5-10-17(16)21-18(22)13-23-15-8-6-7-14(11-15)12-20/h4-11H,13H2,1-3H3,(H,21,22). The van der Waals surface area contributed by atoms with Gasteiger partial charge in [-0.15, -0.1) is 0 Å². The highest BCUT2D eigenvalue weighted by molar-refractivity contribution is 5.92. The van der Waals surface area contributed by atoms with Crippen LogP contribution in [0.3, 0.4) is 0 Å². The van der Waals surface area contributed by atoms with E-state index < -0.39 is 0 Å². The zero-order chi connectivity index (χ0) is 16.9. The van der Waals surface area contributed by atoms with Crippen molar-refractivity contribution in [1.29, 1.82) is 5.26 Å². The summed E-state index contributed by atoms with van der Waals surface area (Å²) in [5.74, 6) is 0.271. The third-order valence-electron chi connectivity index (χ3n) is 3.34. The normalized spacial score (nSPS) is 10.7. The number of amides is 1. The minimum atomic E-state index is -0.232. The number of nitriles is 1. The van der Waals surface area contributed by atoms with Crippen LogP contribution in [-0.4, -0.2) is 12.5 Å². The molecule has 0 fully saturated rings. The largest absolute Gasteiger partial charge is 0.484 e. The summed E-state index contributed by atoms with van der Waals surface area (Å²) < 4.78 is 5.44. The van der Waals surface area contributed by atoms with E-state index in [1.165, 1.54) is 0 Å². The van der Waals surface area contributed by atoms with Crippen LogP contribution in [0.2, 0.25) is 0 Å². The number of para-hydroxylation sites is 1. The second-order valence-electron chi connectivity index (χ2n) is 6.27. The fourth-order valence-electron chi connectivity index (χ4n) is 2.24.